The van der Waals surface area contributed by atoms with Crippen molar-refractivity contribution in [3.63, 3.8) is 0 Å². The topological polar surface area (TPSA) is 18.5 Å². The molecule has 0 amide bonds. The van der Waals surface area contributed by atoms with E-state index in [2.05, 4.69) is 38.1 Å². The van der Waals surface area contributed by atoms with E-state index in [0.29, 0.717) is 18.2 Å². The predicted molar refractivity (Wildman–Crippen MR) is 149 cm³/mol. The largest absolute Gasteiger partial charge is 0.493 e. The fourth-order valence-electron chi connectivity index (χ4n) is 5.79. The minimum Gasteiger partial charge on any atom is -0.493 e. The number of hydrogen-bond acceptors (Lipinski definition) is 2. The smallest absolute Gasteiger partial charge is 0.149 e. The summed E-state index contributed by atoms with van der Waals surface area (Å²) in [6.07, 6.45) is 15.9. The molecule has 34 heavy (non-hydrogen) atoms. The lowest BCUT2D eigenvalue weighted by Crippen LogP contribution is -2.27. The third kappa shape index (κ3) is 6.11. The molecule has 2 aliphatic rings. The van der Waals surface area contributed by atoms with Gasteiger partial charge in [0.05, 0.1) is 23.8 Å². The second-order valence-electron chi connectivity index (χ2n) is 9.95. The molecule has 2 aromatic carbocycles. The molecule has 0 aliphatic heterocycles. The predicted octanol–water partition coefficient (Wildman–Crippen LogP) is 9.36. The normalized spacial score (nSPS) is 17.8. The SMILES string of the molecule is CCCOc1ccc(Cl)c(OCCC)c1-c1ccccc1P(C1CCCCC1)C1CCCCC1. The average molecular weight is 501 g/mol. The van der Waals surface area contributed by atoms with E-state index in [1.807, 2.05) is 12.1 Å². The van der Waals surface area contributed by atoms with Crippen LogP contribution in [-0.4, -0.2) is 24.5 Å². The van der Waals surface area contributed by atoms with Crippen molar-refractivity contribution in [3.05, 3.63) is 41.4 Å². The third-order valence-corrected chi connectivity index (χ3v) is 11.2. The maximum atomic E-state index is 6.78. The Morgan fingerprint density at radius 2 is 1.35 bits per heavy atom. The first-order chi connectivity index (χ1) is 16.7. The Morgan fingerprint density at radius 1 is 0.765 bits per heavy atom. The highest BCUT2D eigenvalue weighted by atomic mass is 35.5. The van der Waals surface area contributed by atoms with E-state index in [1.54, 1.807) is 5.30 Å². The van der Waals surface area contributed by atoms with Crippen molar-refractivity contribution in [2.24, 2.45) is 0 Å². The van der Waals surface area contributed by atoms with E-state index in [9.17, 15) is 0 Å². The molecular weight excluding hydrogens is 459 g/mol. The quantitative estimate of drug-likeness (QED) is 0.302. The van der Waals surface area contributed by atoms with Gasteiger partial charge in [0.25, 0.3) is 0 Å². The first-order valence-corrected chi connectivity index (χ1v) is 15.6. The minimum absolute atomic E-state index is 0.251. The van der Waals surface area contributed by atoms with Crippen LogP contribution in [0, 0.1) is 0 Å². The highest BCUT2D eigenvalue weighted by molar-refractivity contribution is 7.67. The molecule has 2 fully saturated rings. The van der Waals surface area contributed by atoms with E-state index < -0.39 is 0 Å². The summed E-state index contributed by atoms with van der Waals surface area (Å²) >= 11 is 6.78. The molecule has 0 heterocycles. The molecule has 2 saturated carbocycles. The van der Waals surface area contributed by atoms with Crippen molar-refractivity contribution in [3.8, 4) is 22.6 Å². The molecule has 0 unspecified atom stereocenters. The van der Waals surface area contributed by atoms with Crippen LogP contribution >= 0.6 is 19.5 Å². The number of hydrogen-bond donors (Lipinski definition) is 0. The monoisotopic (exact) mass is 500 g/mol. The molecule has 2 aromatic rings. The minimum atomic E-state index is -0.251. The molecular formula is C30H42ClO2P. The van der Waals surface area contributed by atoms with Crippen LogP contribution in [-0.2, 0) is 0 Å². The van der Waals surface area contributed by atoms with Gasteiger partial charge in [-0.3, -0.25) is 0 Å². The molecule has 4 heteroatoms. The molecule has 0 atom stereocenters. The number of rotatable bonds is 10. The molecule has 0 aromatic heterocycles. The first-order valence-electron chi connectivity index (χ1n) is 13.7. The van der Waals surface area contributed by atoms with Crippen molar-refractivity contribution in [2.75, 3.05) is 13.2 Å². The van der Waals surface area contributed by atoms with Crippen LogP contribution in [0.5, 0.6) is 11.5 Å². The molecule has 2 aliphatic carbocycles. The Labute approximate surface area is 213 Å². The first kappa shape index (κ1) is 25.8. The summed E-state index contributed by atoms with van der Waals surface area (Å²) in [5.41, 5.74) is 4.05. The van der Waals surface area contributed by atoms with Crippen LogP contribution < -0.4 is 14.8 Å². The van der Waals surface area contributed by atoms with Gasteiger partial charge in [0.2, 0.25) is 0 Å². The Hall–Kier alpha value is -1.24. The van der Waals surface area contributed by atoms with Crippen LogP contribution in [0.4, 0.5) is 0 Å². The summed E-state index contributed by atoms with van der Waals surface area (Å²) in [6.45, 7) is 5.66. The highest BCUT2D eigenvalue weighted by Gasteiger charge is 2.34. The average Bonchev–Trinajstić information content (AvgIpc) is 2.89. The molecule has 2 nitrogen and oxygen atoms in total. The number of benzene rings is 2. The molecule has 186 valence electrons. The standard InChI is InChI=1S/C30H42ClO2P/c1-3-21-32-27-20-19-26(31)30(33-22-4-2)29(27)25-17-11-12-18-28(25)34(23-13-7-5-8-14-23)24-15-9-6-10-16-24/h11-12,17-20,23-24H,3-10,13-16,21-22H2,1-2H3. The van der Waals surface area contributed by atoms with E-state index in [0.717, 1.165) is 41.2 Å². The van der Waals surface area contributed by atoms with Gasteiger partial charge in [0, 0.05) is 0 Å². The van der Waals surface area contributed by atoms with Gasteiger partial charge < -0.3 is 9.47 Å². The van der Waals surface area contributed by atoms with Gasteiger partial charge >= 0.3 is 0 Å². The fraction of sp³-hybridized carbons (Fsp3) is 0.600. The zero-order valence-electron chi connectivity index (χ0n) is 21.2. The van der Waals surface area contributed by atoms with Crippen LogP contribution in [0.2, 0.25) is 5.02 Å². The van der Waals surface area contributed by atoms with Crippen molar-refractivity contribution in [1.82, 2.24) is 0 Å². The molecule has 0 saturated heterocycles. The van der Waals surface area contributed by atoms with Crippen LogP contribution in [0.15, 0.2) is 36.4 Å². The van der Waals surface area contributed by atoms with Crippen molar-refractivity contribution in [2.45, 2.75) is 102 Å². The summed E-state index contributed by atoms with van der Waals surface area (Å²) < 4.78 is 12.6. The third-order valence-electron chi connectivity index (χ3n) is 7.37. The summed E-state index contributed by atoms with van der Waals surface area (Å²) in [6, 6.07) is 13.2. The van der Waals surface area contributed by atoms with Gasteiger partial charge in [-0.15, -0.1) is 0 Å². The van der Waals surface area contributed by atoms with E-state index in [1.165, 1.54) is 69.8 Å². The van der Waals surface area contributed by atoms with E-state index in [-0.39, 0.29) is 7.92 Å². The zero-order chi connectivity index (χ0) is 23.8. The van der Waals surface area contributed by atoms with Gasteiger partial charge in [0.15, 0.2) is 0 Å². The second kappa shape index (κ2) is 13.2. The van der Waals surface area contributed by atoms with Gasteiger partial charge in [0.1, 0.15) is 11.5 Å². The van der Waals surface area contributed by atoms with Gasteiger partial charge in [-0.1, -0.05) is 96.2 Å². The second-order valence-corrected chi connectivity index (χ2v) is 13.1. The molecule has 0 spiro atoms. The zero-order valence-corrected chi connectivity index (χ0v) is 22.8. The lowest BCUT2D eigenvalue weighted by atomic mass is 9.99. The van der Waals surface area contributed by atoms with Gasteiger partial charge in [-0.2, -0.15) is 0 Å². The summed E-state index contributed by atoms with van der Waals surface area (Å²) in [7, 11) is -0.251. The molecule has 0 N–H and O–H groups in total. The van der Waals surface area contributed by atoms with Gasteiger partial charge in [-0.25, -0.2) is 0 Å². The van der Waals surface area contributed by atoms with Gasteiger partial charge in [-0.05, 0) is 72.8 Å². The summed E-state index contributed by atoms with van der Waals surface area (Å²) in [5, 5.41) is 2.24. The molecule has 0 radical (unpaired) electrons. The van der Waals surface area contributed by atoms with Crippen LogP contribution in [0.25, 0.3) is 11.1 Å². The van der Waals surface area contributed by atoms with E-state index in [4.69, 9.17) is 21.1 Å². The molecule has 4 rings (SSSR count). The van der Waals surface area contributed by atoms with Crippen molar-refractivity contribution < 1.29 is 9.47 Å². The summed E-state index contributed by atoms with van der Waals surface area (Å²) in [5.74, 6) is 1.71. The Balaban J connectivity index is 1.85. The molecule has 0 bridgehead atoms. The Morgan fingerprint density at radius 3 is 1.97 bits per heavy atom. The van der Waals surface area contributed by atoms with Crippen LogP contribution in [0.1, 0.15) is 90.9 Å². The number of halogens is 1. The highest BCUT2D eigenvalue weighted by Crippen LogP contribution is 2.57. The van der Waals surface area contributed by atoms with Crippen LogP contribution in [0.3, 0.4) is 0 Å². The lowest BCUT2D eigenvalue weighted by molar-refractivity contribution is 0.304. The van der Waals surface area contributed by atoms with Crippen molar-refractivity contribution >= 4 is 24.8 Å². The lowest BCUT2D eigenvalue weighted by Gasteiger charge is -2.39. The van der Waals surface area contributed by atoms with E-state index >= 15 is 0 Å². The maximum absolute atomic E-state index is 6.78. The van der Waals surface area contributed by atoms with Crippen molar-refractivity contribution in [1.29, 1.82) is 0 Å². The number of ether oxygens (including phenoxy) is 2. The fourth-order valence-corrected chi connectivity index (χ4v) is 9.95. The Kier molecular flexibility index (Phi) is 10.0. The Bertz CT molecular complexity index is 885. The maximum Gasteiger partial charge on any atom is 0.149 e. The summed E-state index contributed by atoms with van der Waals surface area (Å²) in [4.78, 5) is 0.